The summed E-state index contributed by atoms with van der Waals surface area (Å²) in [6.07, 6.45) is 3.88. The number of aryl methyl sites for hydroxylation is 1. The third-order valence-electron chi connectivity index (χ3n) is 1.82. The Morgan fingerprint density at radius 3 is 2.31 bits per heavy atom. The summed E-state index contributed by atoms with van der Waals surface area (Å²) in [5.74, 6) is 0. The summed E-state index contributed by atoms with van der Waals surface area (Å²) < 4.78 is 1.52. The third kappa shape index (κ3) is 5.82. The van der Waals surface area contributed by atoms with E-state index in [0.717, 1.165) is 0 Å². The van der Waals surface area contributed by atoms with Crippen LogP contribution in [0.1, 0.15) is 25.3 Å². The van der Waals surface area contributed by atoms with E-state index in [1.54, 1.807) is 28.1 Å². The smallest absolute Gasteiger partial charge is 0.147 e. The van der Waals surface area contributed by atoms with Gasteiger partial charge in [0, 0.05) is 0 Å². The van der Waals surface area contributed by atoms with Crippen molar-refractivity contribution in [3.8, 4) is 0 Å². The van der Waals surface area contributed by atoms with Gasteiger partial charge in [-0.15, -0.1) is 24.8 Å². The molecule has 0 aliphatic heterocycles. The van der Waals surface area contributed by atoms with Crippen molar-refractivity contribution in [2.24, 2.45) is 0 Å². The summed E-state index contributed by atoms with van der Waals surface area (Å²) in [7, 11) is 0. The standard InChI is InChI=1S/C10H13.2ClH.Sn/c1-2-3-7-10-8-5-4-6-9-10;;;/h4-6,8H,2-3,7H2,1H3;2*1H;. The summed E-state index contributed by atoms with van der Waals surface area (Å²) in [5, 5.41) is 0. The molecule has 0 N–H and O–H groups in total. The summed E-state index contributed by atoms with van der Waals surface area (Å²) >= 11 is 1.54. The number of rotatable bonds is 3. The molecule has 1 aromatic rings. The molecule has 3 heteroatoms. The van der Waals surface area contributed by atoms with Crippen molar-refractivity contribution in [3.05, 3.63) is 29.8 Å². The van der Waals surface area contributed by atoms with Gasteiger partial charge in [-0.25, -0.2) is 0 Å². The number of unbranched alkanes of at least 4 members (excludes halogenated alkanes) is 1. The van der Waals surface area contributed by atoms with Crippen LogP contribution >= 0.6 is 24.8 Å². The van der Waals surface area contributed by atoms with Crippen LogP contribution in [0.3, 0.4) is 0 Å². The van der Waals surface area contributed by atoms with Crippen LogP contribution in [0.4, 0.5) is 0 Å². The minimum absolute atomic E-state index is 0. The summed E-state index contributed by atoms with van der Waals surface area (Å²) in [4.78, 5) is 0. The molecule has 0 nitrogen and oxygen atoms in total. The van der Waals surface area contributed by atoms with Gasteiger partial charge < -0.3 is 0 Å². The Labute approximate surface area is 106 Å². The van der Waals surface area contributed by atoms with Crippen molar-refractivity contribution in [1.29, 1.82) is 0 Å². The van der Waals surface area contributed by atoms with Gasteiger partial charge in [-0.2, -0.15) is 0 Å². The monoisotopic (exact) mass is 325 g/mol. The maximum absolute atomic E-state index is 2.25. The van der Waals surface area contributed by atoms with Crippen LogP contribution < -0.4 is 3.58 Å². The molecule has 0 amide bonds. The van der Waals surface area contributed by atoms with Gasteiger partial charge in [0.15, 0.2) is 0 Å². The van der Waals surface area contributed by atoms with Crippen molar-refractivity contribution in [3.63, 3.8) is 0 Å². The van der Waals surface area contributed by atoms with Crippen LogP contribution in [0.5, 0.6) is 0 Å². The zero-order chi connectivity index (χ0) is 8.10. The van der Waals surface area contributed by atoms with E-state index in [1.165, 1.54) is 22.8 Å². The van der Waals surface area contributed by atoms with Gasteiger partial charge in [0.05, 0.1) is 0 Å². The zero-order valence-corrected chi connectivity index (χ0v) is 12.2. The van der Waals surface area contributed by atoms with Gasteiger partial charge in [0.2, 0.25) is 0 Å². The second-order valence-corrected chi connectivity index (χ2v) is 4.30. The average molecular weight is 325 g/mol. The van der Waals surface area contributed by atoms with Crippen molar-refractivity contribution in [2.75, 3.05) is 0 Å². The molecule has 1 aromatic carbocycles. The SMILES string of the molecule is CCCCc1cccc[c]1[Sn].Cl.Cl. The molecule has 0 aliphatic carbocycles. The fourth-order valence-corrected chi connectivity index (χ4v) is 1.97. The van der Waals surface area contributed by atoms with Gasteiger partial charge in [0.25, 0.3) is 0 Å². The zero-order valence-electron chi connectivity index (χ0n) is 7.75. The van der Waals surface area contributed by atoms with E-state index in [2.05, 4.69) is 31.2 Å². The van der Waals surface area contributed by atoms with E-state index in [1.807, 2.05) is 0 Å². The summed E-state index contributed by atoms with van der Waals surface area (Å²) in [6.45, 7) is 2.24. The fourth-order valence-electron chi connectivity index (χ4n) is 1.11. The van der Waals surface area contributed by atoms with Gasteiger partial charge >= 0.3 is 82.1 Å². The molecular formula is C10H15Cl2Sn. The first-order valence-corrected chi connectivity index (χ1v) is 5.57. The topological polar surface area (TPSA) is 0 Å². The van der Waals surface area contributed by atoms with E-state index in [4.69, 9.17) is 0 Å². The van der Waals surface area contributed by atoms with Crippen molar-refractivity contribution in [2.45, 2.75) is 26.2 Å². The molecule has 13 heavy (non-hydrogen) atoms. The molecule has 0 aliphatic rings. The van der Waals surface area contributed by atoms with Gasteiger partial charge in [-0.3, -0.25) is 0 Å². The Morgan fingerprint density at radius 2 is 1.77 bits per heavy atom. The van der Waals surface area contributed by atoms with E-state index in [0.29, 0.717) is 0 Å². The summed E-state index contributed by atoms with van der Waals surface area (Å²) in [6, 6.07) is 8.74. The average Bonchev–Trinajstić information content (AvgIpc) is 2.03. The maximum atomic E-state index is 2.25. The Bertz CT molecular complexity index is 226. The Balaban J connectivity index is 0. The quantitative estimate of drug-likeness (QED) is 0.750. The number of hydrogen-bond donors (Lipinski definition) is 0. The van der Waals surface area contributed by atoms with E-state index in [9.17, 15) is 0 Å². The normalized spacial score (nSPS) is 8.46. The first-order chi connectivity index (χ1) is 5.34. The molecule has 1 rings (SSSR count). The Hall–Kier alpha value is 0.599. The van der Waals surface area contributed by atoms with Gasteiger partial charge in [-0.05, 0) is 0 Å². The van der Waals surface area contributed by atoms with E-state index < -0.39 is 0 Å². The fraction of sp³-hybridized carbons (Fsp3) is 0.400. The maximum Gasteiger partial charge on any atom is -0.147 e. The minimum atomic E-state index is 0. The van der Waals surface area contributed by atoms with Crippen LogP contribution in [0.2, 0.25) is 0 Å². The molecule has 0 bridgehead atoms. The van der Waals surface area contributed by atoms with E-state index in [-0.39, 0.29) is 24.8 Å². The molecule has 0 aromatic heterocycles. The molecule has 0 saturated carbocycles. The van der Waals surface area contributed by atoms with Crippen LogP contribution in [0.15, 0.2) is 24.3 Å². The molecule has 0 spiro atoms. The first-order valence-electron chi connectivity index (χ1n) is 4.14. The molecule has 0 atom stereocenters. The van der Waals surface area contributed by atoms with Gasteiger partial charge in [0.1, 0.15) is 0 Å². The molecule has 0 heterocycles. The Kier molecular flexibility index (Phi) is 11.3. The van der Waals surface area contributed by atoms with E-state index >= 15 is 0 Å². The molecule has 0 fully saturated rings. The van der Waals surface area contributed by atoms with Crippen LogP contribution in [0, 0.1) is 0 Å². The molecule has 0 unspecified atom stereocenters. The predicted octanol–water partition coefficient (Wildman–Crippen LogP) is 2.67. The second kappa shape index (κ2) is 9.17. The van der Waals surface area contributed by atoms with Gasteiger partial charge in [-0.1, -0.05) is 0 Å². The van der Waals surface area contributed by atoms with Crippen LogP contribution in [0.25, 0.3) is 0 Å². The Morgan fingerprint density at radius 1 is 1.15 bits per heavy atom. The predicted molar refractivity (Wildman–Crippen MR) is 64.9 cm³/mol. The van der Waals surface area contributed by atoms with Crippen molar-refractivity contribution < 1.29 is 0 Å². The number of halogens is 2. The number of benzene rings is 1. The molecule has 0 saturated heterocycles. The molecular weight excluding hydrogens is 310 g/mol. The third-order valence-corrected chi connectivity index (χ3v) is 3.21. The molecule has 3 radical (unpaired) electrons. The second-order valence-electron chi connectivity index (χ2n) is 2.76. The van der Waals surface area contributed by atoms with Crippen LogP contribution in [-0.4, -0.2) is 22.5 Å². The first kappa shape index (κ1) is 16.0. The largest absolute Gasteiger partial charge is 0.147 e. The van der Waals surface area contributed by atoms with Crippen LogP contribution in [-0.2, 0) is 6.42 Å². The minimum Gasteiger partial charge on any atom is -0.147 e. The van der Waals surface area contributed by atoms with Crippen molar-refractivity contribution >= 4 is 50.9 Å². The number of hydrogen-bond acceptors (Lipinski definition) is 0. The molecule has 73 valence electrons. The summed E-state index contributed by atoms with van der Waals surface area (Å²) in [5.41, 5.74) is 1.55. The van der Waals surface area contributed by atoms with Crippen molar-refractivity contribution in [1.82, 2.24) is 0 Å².